The number of anilines is 1. The first-order valence-corrected chi connectivity index (χ1v) is 6.71. The summed E-state index contributed by atoms with van der Waals surface area (Å²) < 4.78 is 28.5. The van der Waals surface area contributed by atoms with Crippen molar-refractivity contribution in [1.82, 2.24) is 9.55 Å². The molecule has 1 heterocycles. The van der Waals surface area contributed by atoms with Crippen molar-refractivity contribution in [1.29, 1.82) is 0 Å². The van der Waals surface area contributed by atoms with E-state index in [-0.39, 0.29) is 11.5 Å². The number of rotatable bonds is 4. The van der Waals surface area contributed by atoms with Crippen molar-refractivity contribution in [2.75, 3.05) is 5.32 Å². The van der Waals surface area contributed by atoms with E-state index >= 15 is 0 Å². The molecule has 22 heavy (non-hydrogen) atoms. The van der Waals surface area contributed by atoms with Gasteiger partial charge in [-0.3, -0.25) is 9.36 Å². The van der Waals surface area contributed by atoms with Gasteiger partial charge in [0.05, 0.1) is 5.56 Å². The molecule has 5 nitrogen and oxygen atoms in total. The zero-order chi connectivity index (χ0) is 16.3. The van der Waals surface area contributed by atoms with Crippen LogP contribution in [0.15, 0.2) is 35.3 Å². The largest absolute Gasteiger partial charge is 0.349 e. The molecule has 1 aromatic heterocycles. The lowest BCUT2D eigenvalue weighted by atomic mass is 10.2. The minimum Gasteiger partial charge on any atom is -0.304 e. The molecule has 1 amide bonds. The van der Waals surface area contributed by atoms with Gasteiger partial charge >= 0.3 is 5.69 Å². The number of nitrogens with zero attached hydrogens (tertiary/aromatic N) is 2. The van der Waals surface area contributed by atoms with Crippen LogP contribution in [0.3, 0.4) is 0 Å². The van der Waals surface area contributed by atoms with Crippen LogP contribution >= 0.6 is 0 Å². The Morgan fingerprint density at radius 3 is 2.59 bits per heavy atom. The van der Waals surface area contributed by atoms with E-state index < -0.39 is 29.0 Å². The van der Waals surface area contributed by atoms with E-state index in [4.69, 9.17) is 0 Å². The average Bonchev–Trinajstić information content (AvgIpc) is 2.44. The Morgan fingerprint density at radius 2 is 1.95 bits per heavy atom. The second-order valence-corrected chi connectivity index (χ2v) is 5.20. The summed E-state index contributed by atoms with van der Waals surface area (Å²) in [6, 6.07) is 5.27. The summed E-state index contributed by atoms with van der Waals surface area (Å²) in [4.78, 5) is 27.2. The molecular weight excluding hydrogens is 292 g/mol. The maximum absolute atomic E-state index is 13.9. The molecule has 2 aromatic rings. The summed E-state index contributed by atoms with van der Waals surface area (Å²) >= 11 is 0. The van der Waals surface area contributed by atoms with Gasteiger partial charge in [0, 0.05) is 12.7 Å². The topological polar surface area (TPSA) is 64.0 Å². The van der Waals surface area contributed by atoms with Crippen LogP contribution in [0.5, 0.6) is 0 Å². The van der Waals surface area contributed by atoms with Crippen LogP contribution in [-0.2, 0) is 6.54 Å². The number of benzene rings is 1. The molecule has 0 radical (unpaired) electrons. The van der Waals surface area contributed by atoms with Crippen molar-refractivity contribution in [3.05, 3.63) is 58.1 Å². The van der Waals surface area contributed by atoms with Crippen molar-refractivity contribution in [3.63, 3.8) is 0 Å². The molecule has 1 aromatic carbocycles. The van der Waals surface area contributed by atoms with Crippen LogP contribution < -0.4 is 11.0 Å². The fourth-order valence-corrected chi connectivity index (χ4v) is 1.90. The lowest BCUT2D eigenvalue weighted by Crippen LogP contribution is -2.28. The zero-order valence-corrected chi connectivity index (χ0v) is 12.1. The number of nitrogens with one attached hydrogen (secondary N) is 1. The maximum atomic E-state index is 13.9. The molecule has 7 heteroatoms. The Morgan fingerprint density at radius 1 is 1.27 bits per heavy atom. The molecule has 0 saturated heterocycles. The number of aromatic nitrogens is 2. The van der Waals surface area contributed by atoms with E-state index in [1.807, 2.05) is 13.8 Å². The van der Waals surface area contributed by atoms with Crippen LogP contribution in [0.2, 0.25) is 0 Å². The second-order valence-electron chi connectivity index (χ2n) is 5.20. The summed E-state index contributed by atoms with van der Waals surface area (Å²) in [5, 5.41) is 2.11. The van der Waals surface area contributed by atoms with Crippen LogP contribution in [0.1, 0.15) is 24.2 Å². The van der Waals surface area contributed by atoms with Gasteiger partial charge in [0.25, 0.3) is 5.91 Å². The molecular formula is C15H15F2N3O2. The predicted molar refractivity (Wildman–Crippen MR) is 77.6 cm³/mol. The minimum absolute atomic E-state index is 0.137. The third-order valence-electron chi connectivity index (χ3n) is 2.86. The molecule has 0 bridgehead atoms. The first kappa shape index (κ1) is 15.8. The lowest BCUT2D eigenvalue weighted by molar-refractivity contribution is 0.102. The fourth-order valence-electron chi connectivity index (χ4n) is 1.90. The van der Waals surface area contributed by atoms with Gasteiger partial charge < -0.3 is 5.32 Å². The highest BCUT2D eigenvalue weighted by molar-refractivity contribution is 6.03. The Balaban J connectivity index is 2.27. The van der Waals surface area contributed by atoms with Gasteiger partial charge in [0.2, 0.25) is 0 Å². The van der Waals surface area contributed by atoms with Gasteiger partial charge in [-0.15, -0.1) is 0 Å². The summed E-state index contributed by atoms with van der Waals surface area (Å²) in [6.07, 6.45) is 0.978. The van der Waals surface area contributed by atoms with Crippen molar-refractivity contribution in [2.24, 2.45) is 5.92 Å². The van der Waals surface area contributed by atoms with Crippen LogP contribution in [0.25, 0.3) is 0 Å². The normalized spacial score (nSPS) is 10.8. The van der Waals surface area contributed by atoms with E-state index in [1.165, 1.54) is 18.2 Å². The quantitative estimate of drug-likeness (QED) is 0.943. The third-order valence-corrected chi connectivity index (χ3v) is 2.86. The molecule has 0 aliphatic heterocycles. The molecule has 1 N–H and O–H groups in total. The molecule has 116 valence electrons. The van der Waals surface area contributed by atoms with Crippen LogP contribution in [0, 0.1) is 17.6 Å². The minimum atomic E-state index is -0.870. The summed E-state index contributed by atoms with van der Waals surface area (Å²) in [7, 11) is 0. The molecule has 0 unspecified atom stereocenters. The first-order valence-electron chi connectivity index (χ1n) is 6.71. The Labute approximate surface area is 125 Å². The number of halogens is 2. The molecule has 0 aliphatic rings. The molecule has 0 saturated carbocycles. The van der Waals surface area contributed by atoms with E-state index in [0.717, 1.165) is 16.8 Å². The van der Waals surface area contributed by atoms with E-state index in [1.54, 1.807) is 0 Å². The van der Waals surface area contributed by atoms with Crippen LogP contribution in [-0.4, -0.2) is 15.5 Å². The van der Waals surface area contributed by atoms with Crippen molar-refractivity contribution in [2.45, 2.75) is 20.4 Å². The van der Waals surface area contributed by atoms with Crippen LogP contribution in [0.4, 0.5) is 14.6 Å². The summed E-state index contributed by atoms with van der Waals surface area (Å²) in [5.74, 6) is -2.85. The lowest BCUT2D eigenvalue weighted by Gasteiger charge is -2.10. The maximum Gasteiger partial charge on any atom is 0.349 e. The smallest absolute Gasteiger partial charge is 0.304 e. The highest BCUT2D eigenvalue weighted by Crippen LogP contribution is 2.12. The summed E-state index contributed by atoms with van der Waals surface area (Å²) in [5.41, 5.74) is -0.936. The average molecular weight is 307 g/mol. The predicted octanol–water partition coefficient (Wildman–Crippen LogP) is 2.43. The molecule has 2 rings (SSSR count). The van der Waals surface area contributed by atoms with E-state index in [0.29, 0.717) is 6.54 Å². The second kappa shape index (κ2) is 6.46. The van der Waals surface area contributed by atoms with Gasteiger partial charge in [-0.1, -0.05) is 26.0 Å². The Hall–Kier alpha value is -2.57. The number of carbonyl (C=O) groups excluding carboxylic acids is 1. The number of hydrogen-bond acceptors (Lipinski definition) is 3. The first-order chi connectivity index (χ1) is 10.4. The third kappa shape index (κ3) is 3.55. The van der Waals surface area contributed by atoms with Gasteiger partial charge in [-0.05, 0) is 18.1 Å². The highest BCUT2D eigenvalue weighted by atomic mass is 19.1. The standard InChI is InChI=1S/C15H15F2N3O2/c1-9(2)7-20-8-12(17)13(19-15(20)22)18-14(21)10-5-3-4-6-11(10)16/h3-6,8-9H,7H2,1-2H3,(H,18,19,21,22). The van der Waals surface area contributed by atoms with Crippen molar-refractivity contribution in [3.8, 4) is 0 Å². The van der Waals surface area contributed by atoms with Gasteiger partial charge in [-0.25, -0.2) is 13.6 Å². The molecule has 0 aliphatic carbocycles. The van der Waals surface area contributed by atoms with Gasteiger partial charge in [0.15, 0.2) is 11.6 Å². The summed E-state index contributed by atoms with van der Waals surface area (Å²) in [6.45, 7) is 4.06. The van der Waals surface area contributed by atoms with Crippen molar-refractivity contribution < 1.29 is 13.6 Å². The number of amides is 1. The van der Waals surface area contributed by atoms with E-state index in [2.05, 4.69) is 10.3 Å². The Bertz CT molecular complexity index is 757. The Kier molecular flexibility index (Phi) is 4.65. The SMILES string of the molecule is CC(C)Cn1cc(F)c(NC(=O)c2ccccc2F)nc1=O. The fraction of sp³-hybridized carbons (Fsp3) is 0.267. The van der Waals surface area contributed by atoms with Gasteiger partial charge in [0.1, 0.15) is 5.82 Å². The monoisotopic (exact) mass is 307 g/mol. The zero-order valence-electron chi connectivity index (χ0n) is 12.1. The molecule has 0 spiro atoms. The van der Waals surface area contributed by atoms with Crippen molar-refractivity contribution >= 4 is 11.7 Å². The van der Waals surface area contributed by atoms with Gasteiger partial charge in [-0.2, -0.15) is 4.98 Å². The number of hydrogen-bond donors (Lipinski definition) is 1. The molecule has 0 atom stereocenters. The highest BCUT2D eigenvalue weighted by Gasteiger charge is 2.16. The molecule has 0 fully saturated rings. The number of carbonyl (C=O) groups is 1. The van der Waals surface area contributed by atoms with E-state index in [9.17, 15) is 18.4 Å².